The Hall–Kier alpha value is -2.86. The Morgan fingerprint density at radius 2 is 1.72 bits per heavy atom. The summed E-state index contributed by atoms with van der Waals surface area (Å²) in [6.07, 6.45) is 3.17. The standard InChI is InChI=1S/C27H34FN3O6S2/c1-16(2)21-13-19(32)12-20-5-3-4-10-38-39-15-23(31-25(21)34)27(36)30-22(26(35)29-14-24(33)37-20)11-17-6-8-18(28)9-7-17/h3,5-9,16,20-23H,4,10-15H2,1-2H3,(H,29,35)(H,30,36)(H,31,34)/b5-3+/t20?,21-,22-,23?/m1/s1. The summed E-state index contributed by atoms with van der Waals surface area (Å²) < 4.78 is 18.9. The Bertz CT molecular complexity index is 1080. The summed E-state index contributed by atoms with van der Waals surface area (Å²) in [6, 6.07) is 3.44. The van der Waals surface area contributed by atoms with Crippen molar-refractivity contribution in [3.63, 3.8) is 0 Å². The number of carbonyl (C=O) groups excluding carboxylic acids is 5. The lowest BCUT2D eigenvalue weighted by atomic mass is 9.88. The van der Waals surface area contributed by atoms with Gasteiger partial charge in [-0.25, -0.2) is 4.39 Å². The molecule has 3 amide bonds. The van der Waals surface area contributed by atoms with Crippen LogP contribution in [-0.4, -0.2) is 65.7 Å². The molecule has 39 heavy (non-hydrogen) atoms. The van der Waals surface area contributed by atoms with Gasteiger partial charge in [0.1, 0.15) is 36.3 Å². The van der Waals surface area contributed by atoms with Crippen molar-refractivity contribution in [1.29, 1.82) is 0 Å². The number of fused-ring (bicyclic) bond motifs is 7. The van der Waals surface area contributed by atoms with E-state index in [4.69, 9.17) is 4.74 Å². The van der Waals surface area contributed by atoms with E-state index in [1.165, 1.54) is 45.9 Å². The van der Waals surface area contributed by atoms with Crippen LogP contribution in [0.5, 0.6) is 0 Å². The van der Waals surface area contributed by atoms with Crippen molar-refractivity contribution < 1.29 is 33.1 Å². The van der Waals surface area contributed by atoms with Gasteiger partial charge in [-0.3, -0.25) is 24.0 Å². The third-order valence-electron chi connectivity index (χ3n) is 6.36. The molecule has 0 saturated carbocycles. The number of halogens is 1. The summed E-state index contributed by atoms with van der Waals surface area (Å²) in [6.45, 7) is 3.18. The molecule has 1 fully saturated rings. The van der Waals surface area contributed by atoms with E-state index in [9.17, 15) is 28.4 Å². The third kappa shape index (κ3) is 9.99. The fraction of sp³-hybridized carbons (Fsp3) is 0.519. The van der Waals surface area contributed by atoms with Crippen molar-refractivity contribution in [2.45, 2.75) is 57.7 Å². The highest BCUT2D eigenvalue weighted by Gasteiger charge is 2.32. The van der Waals surface area contributed by atoms with Crippen LogP contribution in [0.3, 0.4) is 0 Å². The van der Waals surface area contributed by atoms with Crippen LogP contribution < -0.4 is 16.0 Å². The monoisotopic (exact) mass is 579 g/mol. The van der Waals surface area contributed by atoms with Gasteiger partial charge in [0.15, 0.2) is 0 Å². The normalized spacial score (nSPS) is 27.1. The number of amides is 3. The molecule has 2 bridgehead atoms. The minimum Gasteiger partial charge on any atom is -0.456 e. The second-order valence-electron chi connectivity index (χ2n) is 9.82. The smallest absolute Gasteiger partial charge is 0.326 e. The average molecular weight is 580 g/mol. The van der Waals surface area contributed by atoms with E-state index in [2.05, 4.69) is 16.0 Å². The van der Waals surface area contributed by atoms with Crippen molar-refractivity contribution in [2.75, 3.05) is 18.1 Å². The molecule has 9 nitrogen and oxygen atoms in total. The van der Waals surface area contributed by atoms with Gasteiger partial charge in [0, 0.05) is 36.7 Å². The van der Waals surface area contributed by atoms with Gasteiger partial charge in [-0.15, -0.1) is 0 Å². The van der Waals surface area contributed by atoms with Gasteiger partial charge in [0.25, 0.3) is 0 Å². The summed E-state index contributed by atoms with van der Waals surface area (Å²) in [4.78, 5) is 65.3. The van der Waals surface area contributed by atoms with Crippen LogP contribution in [0.15, 0.2) is 36.4 Å². The summed E-state index contributed by atoms with van der Waals surface area (Å²) in [5, 5.41) is 7.98. The number of allylic oxidation sites excluding steroid dienone is 1. The minimum atomic E-state index is -1.10. The second kappa shape index (κ2) is 15.1. The lowest BCUT2D eigenvalue weighted by molar-refractivity contribution is -0.148. The maximum atomic E-state index is 13.4. The van der Waals surface area contributed by atoms with Gasteiger partial charge in [-0.2, -0.15) is 0 Å². The number of ketones is 1. The minimum absolute atomic E-state index is 0.0317. The second-order valence-corrected chi connectivity index (χ2v) is 12.4. The molecule has 3 N–H and O–H groups in total. The zero-order chi connectivity index (χ0) is 28.4. The first-order chi connectivity index (χ1) is 18.6. The predicted molar refractivity (Wildman–Crippen MR) is 148 cm³/mol. The fourth-order valence-corrected chi connectivity index (χ4v) is 6.32. The molecule has 12 heteroatoms. The van der Waals surface area contributed by atoms with Gasteiger partial charge in [0.05, 0.1) is 0 Å². The molecule has 0 spiro atoms. The summed E-state index contributed by atoms with van der Waals surface area (Å²) in [5.41, 5.74) is 0.592. The van der Waals surface area contributed by atoms with Crippen LogP contribution in [0.25, 0.3) is 0 Å². The quantitative estimate of drug-likeness (QED) is 0.283. The topological polar surface area (TPSA) is 131 Å². The number of benzene rings is 1. The zero-order valence-corrected chi connectivity index (χ0v) is 23.6. The molecule has 2 heterocycles. The van der Waals surface area contributed by atoms with Crippen molar-refractivity contribution >= 4 is 51.1 Å². The molecule has 4 atom stereocenters. The molecule has 0 radical (unpaired) electrons. The van der Waals surface area contributed by atoms with Crippen LogP contribution in [-0.2, 0) is 35.1 Å². The maximum absolute atomic E-state index is 13.4. The fourth-order valence-electron chi connectivity index (χ4n) is 4.16. The zero-order valence-electron chi connectivity index (χ0n) is 21.9. The van der Waals surface area contributed by atoms with E-state index in [1.807, 2.05) is 19.9 Å². The van der Waals surface area contributed by atoms with Gasteiger partial charge in [0.2, 0.25) is 17.7 Å². The van der Waals surface area contributed by atoms with Crippen LogP contribution in [0.4, 0.5) is 4.39 Å². The van der Waals surface area contributed by atoms with Crippen LogP contribution in [0.2, 0.25) is 0 Å². The number of Topliss-reactive ketones (excluding diaryl/α,β-unsaturated/α-hetero) is 1. The summed E-state index contributed by atoms with van der Waals surface area (Å²) >= 11 is 0. The predicted octanol–water partition coefficient (Wildman–Crippen LogP) is 2.34. The van der Waals surface area contributed by atoms with E-state index < -0.39 is 60.2 Å². The summed E-state index contributed by atoms with van der Waals surface area (Å²) in [7, 11) is 2.93. The van der Waals surface area contributed by atoms with Crippen molar-refractivity contribution in [2.24, 2.45) is 11.8 Å². The Morgan fingerprint density at radius 1 is 0.974 bits per heavy atom. The van der Waals surface area contributed by atoms with E-state index in [-0.39, 0.29) is 36.7 Å². The molecule has 3 rings (SSSR count). The molecular weight excluding hydrogens is 545 g/mol. The van der Waals surface area contributed by atoms with Gasteiger partial charge < -0.3 is 20.7 Å². The SMILES string of the molecule is CC(C)[C@H]1CC(=O)CC2/C=C/CCSSCC(NC1=O)C(=O)N[C@H](Cc1ccc(F)cc1)C(=O)NCC(=O)O2. The van der Waals surface area contributed by atoms with Gasteiger partial charge >= 0.3 is 5.97 Å². The number of hydrogen-bond acceptors (Lipinski definition) is 8. The van der Waals surface area contributed by atoms with Crippen molar-refractivity contribution in [1.82, 2.24) is 16.0 Å². The highest BCUT2D eigenvalue weighted by molar-refractivity contribution is 8.76. The molecule has 1 aromatic rings. The molecule has 0 aromatic heterocycles. The third-order valence-corrected chi connectivity index (χ3v) is 8.81. The Kier molecular flexibility index (Phi) is 11.9. The van der Waals surface area contributed by atoms with E-state index in [0.29, 0.717) is 17.7 Å². The average Bonchev–Trinajstić information content (AvgIpc) is 2.88. The number of rotatable bonds is 3. The van der Waals surface area contributed by atoms with E-state index in [1.54, 1.807) is 6.08 Å². The van der Waals surface area contributed by atoms with Crippen LogP contribution in [0.1, 0.15) is 38.7 Å². The molecule has 212 valence electrons. The lowest BCUT2D eigenvalue weighted by Crippen LogP contribution is -2.56. The largest absolute Gasteiger partial charge is 0.456 e. The van der Waals surface area contributed by atoms with Crippen LogP contribution >= 0.6 is 21.6 Å². The van der Waals surface area contributed by atoms with Gasteiger partial charge in [-0.1, -0.05) is 53.6 Å². The lowest BCUT2D eigenvalue weighted by Gasteiger charge is -2.26. The summed E-state index contributed by atoms with van der Waals surface area (Å²) in [5.74, 6) is -3.04. The highest BCUT2D eigenvalue weighted by atomic mass is 33.1. The number of ether oxygens (including phenoxy) is 1. The number of esters is 1. The first-order valence-electron chi connectivity index (χ1n) is 12.9. The highest BCUT2D eigenvalue weighted by Crippen LogP contribution is 2.25. The van der Waals surface area contributed by atoms with E-state index >= 15 is 0 Å². The molecular formula is C27H34FN3O6S2. The van der Waals surface area contributed by atoms with Crippen molar-refractivity contribution in [3.05, 3.63) is 47.8 Å². The maximum Gasteiger partial charge on any atom is 0.326 e. The molecule has 0 aliphatic carbocycles. The van der Waals surface area contributed by atoms with Crippen LogP contribution in [0, 0.1) is 17.7 Å². The molecule has 1 saturated heterocycles. The molecule has 1 aromatic carbocycles. The Balaban J connectivity index is 1.96. The number of nitrogens with one attached hydrogen (secondary N) is 3. The van der Waals surface area contributed by atoms with E-state index in [0.717, 1.165) is 0 Å². The Morgan fingerprint density at radius 3 is 2.44 bits per heavy atom. The Labute approximate surface area is 235 Å². The first kappa shape index (κ1) is 30.7. The van der Waals surface area contributed by atoms with Gasteiger partial charge in [-0.05, 0) is 36.1 Å². The molecule has 2 aliphatic heterocycles. The molecule has 2 aliphatic rings. The number of hydrogen-bond donors (Lipinski definition) is 3. The first-order valence-corrected chi connectivity index (χ1v) is 15.4. The number of carbonyl (C=O) groups is 5. The molecule has 2 unspecified atom stereocenters. The van der Waals surface area contributed by atoms with Crippen molar-refractivity contribution in [3.8, 4) is 0 Å².